The second-order valence-electron chi connectivity index (χ2n) is 6.40. The highest BCUT2D eigenvalue weighted by Crippen LogP contribution is 2.43. The first-order chi connectivity index (χ1) is 13.7. The highest BCUT2D eigenvalue weighted by molar-refractivity contribution is 6.33. The van der Waals surface area contributed by atoms with E-state index in [2.05, 4.69) is 5.10 Å². The average molecular weight is 436 g/mol. The molecule has 3 heterocycles. The number of nitrogens with zero attached hydrogens (tertiary/aromatic N) is 3. The van der Waals surface area contributed by atoms with Gasteiger partial charge in [-0.25, -0.2) is 4.39 Å². The minimum atomic E-state index is -4.77. The standard InChI is InChI=1S/C17H14ClF4N3O4/c1-24-16(17(20,21)22)14(18)15(23-24)8-4-10-11(5-9(8)19)29-7-12(26)25(10)6-13-27-2-3-28-13/h4-5,13H,2-3,6-7H2,1H3. The van der Waals surface area contributed by atoms with Gasteiger partial charge in [0.1, 0.15) is 17.3 Å². The Labute approximate surface area is 166 Å². The summed E-state index contributed by atoms with van der Waals surface area (Å²) in [5.74, 6) is -1.26. The monoisotopic (exact) mass is 435 g/mol. The maximum Gasteiger partial charge on any atom is 0.434 e. The second kappa shape index (κ2) is 7.15. The molecule has 0 aliphatic carbocycles. The number of alkyl halides is 3. The summed E-state index contributed by atoms with van der Waals surface area (Å²) in [5.41, 5.74) is -1.74. The van der Waals surface area contributed by atoms with Crippen LogP contribution in [0.25, 0.3) is 11.3 Å². The Bertz CT molecular complexity index is 973. The van der Waals surface area contributed by atoms with Gasteiger partial charge in [0.15, 0.2) is 18.6 Å². The van der Waals surface area contributed by atoms with Crippen LogP contribution in [0.5, 0.6) is 5.75 Å². The molecule has 2 aliphatic heterocycles. The first-order valence-electron chi connectivity index (χ1n) is 8.46. The number of aryl methyl sites for hydroxylation is 1. The molecule has 4 rings (SSSR count). The molecule has 7 nitrogen and oxygen atoms in total. The van der Waals surface area contributed by atoms with E-state index >= 15 is 0 Å². The number of carbonyl (C=O) groups is 1. The summed E-state index contributed by atoms with van der Waals surface area (Å²) in [4.78, 5) is 13.6. The molecule has 2 aromatic rings. The van der Waals surface area contributed by atoms with E-state index < -0.39 is 40.6 Å². The number of fused-ring (bicyclic) bond motifs is 1. The van der Waals surface area contributed by atoms with Crippen LogP contribution in [0.2, 0.25) is 5.02 Å². The van der Waals surface area contributed by atoms with Gasteiger partial charge < -0.3 is 19.1 Å². The van der Waals surface area contributed by atoms with Crippen molar-refractivity contribution >= 4 is 23.2 Å². The molecule has 0 spiro atoms. The quantitative estimate of drug-likeness (QED) is 0.693. The first kappa shape index (κ1) is 19.9. The molecule has 1 aromatic heterocycles. The van der Waals surface area contributed by atoms with Gasteiger partial charge in [-0.1, -0.05) is 11.6 Å². The van der Waals surface area contributed by atoms with Crippen LogP contribution in [0.3, 0.4) is 0 Å². The second-order valence-corrected chi connectivity index (χ2v) is 6.77. The molecule has 29 heavy (non-hydrogen) atoms. The molecule has 1 amide bonds. The van der Waals surface area contributed by atoms with E-state index in [9.17, 15) is 22.4 Å². The van der Waals surface area contributed by atoms with Gasteiger partial charge in [-0.2, -0.15) is 18.3 Å². The van der Waals surface area contributed by atoms with Crippen LogP contribution < -0.4 is 9.64 Å². The predicted molar refractivity (Wildman–Crippen MR) is 92.2 cm³/mol. The highest BCUT2D eigenvalue weighted by Gasteiger charge is 2.40. The molecule has 0 atom stereocenters. The molecule has 0 unspecified atom stereocenters. The van der Waals surface area contributed by atoms with Crippen LogP contribution in [-0.4, -0.2) is 48.3 Å². The van der Waals surface area contributed by atoms with E-state index in [-0.39, 0.29) is 30.2 Å². The van der Waals surface area contributed by atoms with Gasteiger partial charge in [-0.05, 0) is 6.07 Å². The maximum absolute atomic E-state index is 14.7. The Morgan fingerprint density at radius 1 is 1.28 bits per heavy atom. The molecule has 0 radical (unpaired) electrons. The maximum atomic E-state index is 14.7. The van der Waals surface area contributed by atoms with Crippen molar-refractivity contribution < 1.29 is 36.6 Å². The van der Waals surface area contributed by atoms with E-state index in [0.717, 1.165) is 13.1 Å². The minimum absolute atomic E-state index is 0.0179. The smallest absolute Gasteiger partial charge is 0.434 e. The van der Waals surface area contributed by atoms with E-state index in [1.54, 1.807) is 0 Å². The van der Waals surface area contributed by atoms with Gasteiger partial charge in [0.05, 0.1) is 30.5 Å². The number of anilines is 1. The fourth-order valence-corrected chi connectivity index (χ4v) is 3.61. The predicted octanol–water partition coefficient (Wildman–Crippen LogP) is 3.00. The average Bonchev–Trinajstić information content (AvgIpc) is 3.24. The number of amides is 1. The molecule has 0 bridgehead atoms. The van der Waals surface area contributed by atoms with Crippen LogP contribution in [0.4, 0.5) is 23.2 Å². The fraction of sp³-hybridized carbons (Fsp3) is 0.412. The van der Waals surface area contributed by atoms with Gasteiger partial charge in [-0.15, -0.1) is 0 Å². The molecular formula is C17H14ClF4N3O4. The highest BCUT2D eigenvalue weighted by atomic mass is 35.5. The largest absolute Gasteiger partial charge is 0.481 e. The van der Waals surface area contributed by atoms with E-state index in [4.69, 9.17) is 25.8 Å². The van der Waals surface area contributed by atoms with Crippen molar-refractivity contribution in [3.05, 3.63) is 28.7 Å². The Balaban J connectivity index is 1.79. The molecule has 2 aliphatic rings. The molecule has 12 heteroatoms. The molecule has 156 valence electrons. The number of carbonyl (C=O) groups excluding carboxylic acids is 1. The summed E-state index contributed by atoms with van der Waals surface area (Å²) in [6.45, 7) is 0.439. The van der Waals surface area contributed by atoms with Gasteiger partial charge >= 0.3 is 6.18 Å². The minimum Gasteiger partial charge on any atom is -0.481 e. The Morgan fingerprint density at radius 2 is 1.97 bits per heavy atom. The van der Waals surface area contributed by atoms with Gasteiger partial charge in [0, 0.05) is 18.7 Å². The van der Waals surface area contributed by atoms with Crippen LogP contribution in [-0.2, 0) is 27.5 Å². The van der Waals surface area contributed by atoms with Crippen LogP contribution in [0.15, 0.2) is 12.1 Å². The van der Waals surface area contributed by atoms with Crippen molar-refractivity contribution in [2.45, 2.75) is 12.5 Å². The lowest BCUT2D eigenvalue weighted by Gasteiger charge is -2.31. The molecule has 0 saturated carbocycles. The summed E-state index contributed by atoms with van der Waals surface area (Å²) in [7, 11) is 1.06. The zero-order valence-corrected chi connectivity index (χ0v) is 15.7. The normalized spacial score (nSPS) is 17.6. The van der Waals surface area contributed by atoms with E-state index in [1.165, 1.54) is 11.0 Å². The summed E-state index contributed by atoms with van der Waals surface area (Å²) in [5, 5.41) is 3.00. The summed E-state index contributed by atoms with van der Waals surface area (Å²) < 4.78 is 70.8. The third-order valence-electron chi connectivity index (χ3n) is 4.53. The van der Waals surface area contributed by atoms with Gasteiger partial charge in [-0.3, -0.25) is 9.48 Å². The molecular weight excluding hydrogens is 422 g/mol. The summed E-state index contributed by atoms with van der Waals surface area (Å²) in [6, 6.07) is 2.17. The number of benzene rings is 1. The zero-order chi connectivity index (χ0) is 20.9. The number of aromatic nitrogens is 2. The molecule has 1 aromatic carbocycles. The number of ether oxygens (including phenoxy) is 3. The summed E-state index contributed by atoms with van der Waals surface area (Å²) >= 11 is 5.88. The Morgan fingerprint density at radius 3 is 2.59 bits per heavy atom. The lowest BCUT2D eigenvalue weighted by atomic mass is 10.1. The van der Waals surface area contributed by atoms with Crippen molar-refractivity contribution in [3.63, 3.8) is 0 Å². The Kier molecular flexibility index (Phi) is 4.91. The third kappa shape index (κ3) is 3.53. The van der Waals surface area contributed by atoms with Gasteiger partial charge in [0.25, 0.3) is 5.91 Å². The van der Waals surface area contributed by atoms with Crippen molar-refractivity contribution in [1.82, 2.24) is 9.78 Å². The lowest BCUT2D eigenvalue weighted by Crippen LogP contribution is -2.43. The van der Waals surface area contributed by atoms with Crippen LogP contribution >= 0.6 is 11.6 Å². The third-order valence-corrected chi connectivity index (χ3v) is 4.89. The first-order valence-corrected chi connectivity index (χ1v) is 8.84. The molecule has 1 saturated heterocycles. The number of hydrogen-bond acceptors (Lipinski definition) is 5. The van der Waals surface area contributed by atoms with Crippen molar-refractivity contribution in [3.8, 4) is 17.0 Å². The van der Waals surface area contributed by atoms with Crippen molar-refractivity contribution in [1.29, 1.82) is 0 Å². The summed E-state index contributed by atoms with van der Waals surface area (Å²) in [6.07, 6.45) is -5.45. The van der Waals surface area contributed by atoms with Crippen LogP contribution in [0, 0.1) is 5.82 Å². The number of rotatable bonds is 3. The SMILES string of the molecule is Cn1nc(-c2cc3c(cc2F)OCC(=O)N3CC2OCCO2)c(Cl)c1C(F)(F)F. The number of hydrogen-bond donors (Lipinski definition) is 0. The van der Waals surface area contributed by atoms with Crippen molar-refractivity contribution in [2.75, 3.05) is 31.3 Å². The van der Waals surface area contributed by atoms with Gasteiger partial charge in [0.2, 0.25) is 0 Å². The van der Waals surface area contributed by atoms with Crippen LogP contribution in [0.1, 0.15) is 5.69 Å². The van der Waals surface area contributed by atoms with E-state index in [1.807, 2.05) is 0 Å². The Hall–Kier alpha value is -2.37. The van der Waals surface area contributed by atoms with E-state index in [0.29, 0.717) is 17.9 Å². The number of halogens is 5. The molecule has 1 fully saturated rings. The molecule has 0 N–H and O–H groups in total. The topological polar surface area (TPSA) is 65.8 Å². The fourth-order valence-electron chi connectivity index (χ4n) is 3.24. The lowest BCUT2D eigenvalue weighted by molar-refractivity contribution is -0.143. The zero-order valence-electron chi connectivity index (χ0n) is 14.9. The van der Waals surface area contributed by atoms with Crippen molar-refractivity contribution in [2.24, 2.45) is 7.05 Å².